The molecule has 0 amide bonds. The quantitative estimate of drug-likeness (QED) is 0.614. The fourth-order valence-electron chi connectivity index (χ4n) is 2.21. The molecule has 0 saturated heterocycles. The zero-order valence-corrected chi connectivity index (χ0v) is 12.3. The molecule has 9 heteroatoms. The number of oxime groups is 1. The first-order valence-corrected chi connectivity index (χ1v) is 7.63. The van der Waals surface area contributed by atoms with Crippen LogP contribution in [0.3, 0.4) is 0 Å². The third-order valence-corrected chi connectivity index (χ3v) is 5.27. The van der Waals surface area contributed by atoms with Crippen molar-refractivity contribution in [2.24, 2.45) is 5.16 Å². The molecule has 0 fully saturated rings. The fraction of sp³-hybridized carbons (Fsp3) is 0.364. The average Bonchev–Trinajstić information content (AvgIpc) is 2.35. The molecule has 1 aromatic rings. The maximum absolute atomic E-state index is 12.1. The number of fused-ring (bicyclic) bond motifs is 1. The summed E-state index contributed by atoms with van der Waals surface area (Å²) in [7, 11) is -2.26. The van der Waals surface area contributed by atoms with Crippen molar-refractivity contribution in [3.05, 3.63) is 32.3 Å². The Hall–Kier alpha value is -1.67. The zero-order chi connectivity index (χ0) is 15.1. The summed E-state index contributed by atoms with van der Waals surface area (Å²) in [5, 5.41) is 14.6. The Kier molecular flexibility index (Phi) is 3.70. The van der Waals surface area contributed by atoms with Crippen molar-refractivity contribution in [3.8, 4) is 0 Å². The van der Waals surface area contributed by atoms with Gasteiger partial charge in [-0.15, -0.1) is 0 Å². The van der Waals surface area contributed by atoms with Gasteiger partial charge >= 0.3 is 0 Å². The summed E-state index contributed by atoms with van der Waals surface area (Å²) in [5.41, 5.74) is 0.501. The normalized spacial score (nSPS) is 18.6. The lowest BCUT2D eigenvalue weighted by Gasteiger charge is -2.20. The molecule has 1 heterocycles. The Morgan fingerprint density at radius 3 is 2.70 bits per heavy atom. The lowest BCUT2D eigenvalue weighted by molar-refractivity contribution is -0.385. The predicted octanol–water partition coefficient (Wildman–Crippen LogP) is 2.08. The van der Waals surface area contributed by atoms with Gasteiger partial charge in [0.1, 0.15) is 7.11 Å². The van der Waals surface area contributed by atoms with Gasteiger partial charge in [-0.25, -0.2) is 8.42 Å². The van der Waals surface area contributed by atoms with Gasteiger partial charge in [-0.1, -0.05) is 16.8 Å². The number of halogens is 1. The molecule has 0 N–H and O–H groups in total. The maximum atomic E-state index is 12.1. The van der Waals surface area contributed by atoms with E-state index in [0.29, 0.717) is 5.71 Å². The molecule has 20 heavy (non-hydrogen) atoms. The molecule has 0 bridgehead atoms. The number of sulfone groups is 1. The maximum Gasteiger partial charge on any atom is 0.274 e. The Balaban J connectivity index is 2.91. The summed E-state index contributed by atoms with van der Waals surface area (Å²) in [6.45, 7) is 1.47. The van der Waals surface area contributed by atoms with Crippen LogP contribution in [0.4, 0.5) is 5.69 Å². The standard InChI is InChI=1S/C11H11ClN2O5S/c1-6-9(14(15)16)5-7(12)11-10(6)8(13-19-2)3-4-20(11,17)18/h5H,3-4H2,1-2H3. The van der Waals surface area contributed by atoms with Crippen LogP contribution >= 0.6 is 11.6 Å². The average molecular weight is 319 g/mol. The molecule has 1 aromatic carbocycles. The van der Waals surface area contributed by atoms with Crippen LogP contribution in [0.15, 0.2) is 16.1 Å². The van der Waals surface area contributed by atoms with Gasteiger partial charge in [0.05, 0.1) is 26.3 Å². The van der Waals surface area contributed by atoms with Gasteiger partial charge in [-0.3, -0.25) is 10.1 Å². The van der Waals surface area contributed by atoms with Crippen LogP contribution in [0.2, 0.25) is 5.02 Å². The van der Waals surface area contributed by atoms with Gasteiger partial charge in [0.2, 0.25) is 0 Å². The van der Waals surface area contributed by atoms with Gasteiger partial charge in [-0.05, 0) is 6.92 Å². The second-order valence-electron chi connectivity index (χ2n) is 4.25. The molecule has 2 rings (SSSR count). The van der Waals surface area contributed by atoms with E-state index in [1.165, 1.54) is 14.0 Å². The van der Waals surface area contributed by atoms with Gasteiger partial charge in [0, 0.05) is 23.6 Å². The monoisotopic (exact) mass is 318 g/mol. The van der Waals surface area contributed by atoms with E-state index in [1.807, 2.05) is 0 Å². The van der Waals surface area contributed by atoms with E-state index in [4.69, 9.17) is 11.6 Å². The first-order valence-electron chi connectivity index (χ1n) is 5.60. The summed E-state index contributed by atoms with van der Waals surface area (Å²) >= 11 is 5.93. The van der Waals surface area contributed by atoms with Crippen LogP contribution < -0.4 is 0 Å². The number of nitrogens with zero attached hydrogens (tertiary/aromatic N) is 2. The van der Waals surface area contributed by atoms with E-state index in [9.17, 15) is 18.5 Å². The second kappa shape index (κ2) is 5.02. The minimum Gasteiger partial charge on any atom is -0.399 e. The minimum atomic E-state index is -3.58. The van der Waals surface area contributed by atoms with Crippen LogP contribution in [0, 0.1) is 17.0 Å². The molecule has 0 aliphatic carbocycles. The van der Waals surface area contributed by atoms with Crippen molar-refractivity contribution in [1.29, 1.82) is 0 Å². The Labute approximate surface area is 120 Å². The minimum absolute atomic E-state index is 0.107. The molecular formula is C11H11ClN2O5S. The summed E-state index contributed by atoms with van der Waals surface area (Å²) in [4.78, 5) is 15.0. The number of nitro benzene ring substituents is 1. The lowest BCUT2D eigenvalue weighted by Crippen LogP contribution is -2.24. The molecular weight excluding hydrogens is 308 g/mol. The summed E-state index contributed by atoms with van der Waals surface area (Å²) in [5.74, 6) is -0.154. The molecule has 108 valence electrons. The number of benzene rings is 1. The van der Waals surface area contributed by atoms with Gasteiger partial charge in [-0.2, -0.15) is 0 Å². The van der Waals surface area contributed by atoms with Crippen LogP contribution in [-0.2, 0) is 14.7 Å². The SMILES string of the molecule is CON=C1CCS(=O)(=O)c2c(Cl)cc([N+](=O)[O-])c(C)c21. The molecule has 0 spiro atoms. The van der Waals surface area contributed by atoms with Crippen molar-refractivity contribution >= 4 is 32.8 Å². The highest BCUT2D eigenvalue weighted by molar-refractivity contribution is 7.91. The Bertz CT molecular complexity index is 727. The van der Waals surface area contributed by atoms with Gasteiger partial charge in [0.25, 0.3) is 5.69 Å². The molecule has 0 atom stereocenters. The number of rotatable bonds is 2. The van der Waals surface area contributed by atoms with Crippen LogP contribution in [-0.4, -0.2) is 31.9 Å². The number of hydrogen-bond acceptors (Lipinski definition) is 6. The third-order valence-electron chi connectivity index (χ3n) is 3.07. The summed E-state index contributed by atoms with van der Waals surface area (Å²) in [6.07, 6.45) is 0.126. The van der Waals surface area contributed by atoms with Crippen LogP contribution in [0.5, 0.6) is 0 Å². The smallest absolute Gasteiger partial charge is 0.274 e. The fourth-order valence-corrected chi connectivity index (χ4v) is 4.37. The van der Waals surface area contributed by atoms with Crippen molar-refractivity contribution in [2.45, 2.75) is 18.2 Å². The number of hydrogen-bond donors (Lipinski definition) is 0. The molecule has 0 aromatic heterocycles. The third kappa shape index (κ3) is 2.25. The molecule has 0 saturated carbocycles. The van der Waals surface area contributed by atoms with Crippen molar-refractivity contribution in [1.82, 2.24) is 0 Å². The van der Waals surface area contributed by atoms with Crippen LogP contribution in [0.1, 0.15) is 17.5 Å². The van der Waals surface area contributed by atoms with E-state index in [-0.39, 0.29) is 38.9 Å². The predicted molar refractivity (Wildman–Crippen MR) is 73.1 cm³/mol. The Morgan fingerprint density at radius 1 is 1.50 bits per heavy atom. The van der Waals surface area contributed by atoms with Crippen molar-refractivity contribution < 1.29 is 18.2 Å². The highest BCUT2D eigenvalue weighted by Crippen LogP contribution is 2.38. The Morgan fingerprint density at radius 2 is 2.15 bits per heavy atom. The van der Waals surface area contributed by atoms with Gasteiger partial charge in [0.15, 0.2) is 9.84 Å². The summed E-state index contributed by atoms with van der Waals surface area (Å²) < 4.78 is 24.3. The molecule has 1 aliphatic rings. The topological polar surface area (TPSA) is 98.9 Å². The van der Waals surface area contributed by atoms with Crippen molar-refractivity contribution in [3.63, 3.8) is 0 Å². The van der Waals surface area contributed by atoms with Crippen molar-refractivity contribution in [2.75, 3.05) is 12.9 Å². The first-order chi connectivity index (χ1) is 9.29. The largest absolute Gasteiger partial charge is 0.399 e. The van der Waals surface area contributed by atoms with E-state index < -0.39 is 14.8 Å². The molecule has 0 radical (unpaired) electrons. The highest BCUT2D eigenvalue weighted by atomic mass is 35.5. The van der Waals surface area contributed by atoms with E-state index in [0.717, 1.165) is 6.07 Å². The van der Waals surface area contributed by atoms with E-state index >= 15 is 0 Å². The molecule has 1 aliphatic heterocycles. The molecule has 0 unspecified atom stereocenters. The zero-order valence-electron chi connectivity index (χ0n) is 10.7. The second-order valence-corrected chi connectivity index (χ2v) is 6.71. The first kappa shape index (κ1) is 14.7. The van der Waals surface area contributed by atoms with Crippen LogP contribution in [0.25, 0.3) is 0 Å². The van der Waals surface area contributed by atoms with Gasteiger partial charge < -0.3 is 4.84 Å². The summed E-state index contributed by atoms with van der Waals surface area (Å²) in [6, 6.07) is 1.06. The lowest BCUT2D eigenvalue weighted by atomic mass is 10.00. The molecule has 7 nitrogen and oxygen atoms in total. The van der Waals surface area contributed by atoms with E-state index in [2.05, 4.69) is 9.99 Å². The number of nitro groups is 1. The van der Waals surface area contributed by atoms with E-state index in [1.54, 1.807) is 0 Å². The highest BCUT2D eigenvalue weighted by Gasteiger charge is 2.35.